The SMILES string of the molecule is CCOC(=O)/C=C(\C)N1N=C2c3cc(OC)ccc3CC[C@H]2[C@@H]1c1ccc(Br)cc1. The molecule has 30 heavy (non-hydrogen) atoms. The number of benzene rings is 2. The fraction of sp³-hybridized carbons (Fsp3) is 0.333. The maximum absolute atomic E-state index is 12.1. The first-order valence-corrected chi connectivity index (χ1v) is 11.0. The van der Waals surface area contributed by atoms with Crippen molar-refractivity contribution in [3.8, 4) is 5.75 Å². The van der Waals surface area contributed by atoms with Gasteiger partial charge in [0.15, 0.2) is 0 Å². The summed E-state index contributed by atoms with van der Waals surface area (Å²) in [7, 11) is 1.68. The molecule has 1 aliphatic heterocycles. The smallest absolute Gasteiger partial charge is 0.332 e. The number of halogens is 1. The van der Waals surface area contributed by atoms with Crippen molar-refractivity contribution in [2.24, 2.45) is 11.0 Å². The van der Waals surface area contributed by atoms with Crippen LogP contribution in [0, 0.1) is 5.92 Å². The summed E-state index contributed by atoms with van der Waals surface area (Å²) in [6, 6.07) is 14.6. The molecular formula is C24H25BrN2O3. The number of ether oxygens (including phenoxy) is 2. The lowest BCUT2D eigenvalue weighted by atomic mass is 9.77. The number of methoxy groups -OCH3 is 1. The Bertz CT molecular complexity index is 1010. The van der Waals surface area contributed by atoms with Gasteiger partial charge in [-0.05, 0) is 62.1 Å². The van der Waals surface area contributed by atoms with Crippen molar-refractivity contribution in [1.82, 2.24) is 5.01 Å². The van der Waals surface area contributed by atoms with Crippen LogP contribution in [0.15, 0.2) is 63.8 Å². The maximum atomic E-state index is 12.1. The van der Waals surface area contributed by atoms with Crippen LogP contribution in [0.5, 0.6) is 5.75 Å². The van der Waals surface area contributed by atoms with Gasteiger partial charge in [-0.1, -0.05) is 34.1 Å². The fourth-order valence-corrected chi connectivity index (χ4v) is 4.59. The lowest BCUT2D eigenvalue weighted by molar-refractivity contribution is -0.137. The van der Waals surface area contributed by atoms with Crippen LogP contribution < -0.4 is 4.74 Å². The Labute approximate surface area is 185 Å². The molecule has 0 unspecified atom stereocenters. The summed E-state index contributed by atoms with van der Waals surface area (Å²) in [5.41, 5.74) is 5.42. The molecule has 5 nitrogen and oxygen atoms in total. The lowest BCUT2D eigenvalue weighted by Crippen LogP contribution is -2.28. The number of hydrazone groups is 1. The zero-order valence-corrected chi connectivity index (χ0v) is 19.0. The summed E-state index contributed by atoms with van der Waals surface area (Å²) in [5, 5.41) is 7.01. The third kappa shape index (κ3) is 3.88. The van der Waals surface area contributed by atoms with E-state index in [-0.39, 0.29) is 17.9 Å². The highest BCUT2D eigenvalue weighted by Gasteiger charge is 2.42. The minimum absolute atomic E-state index is 0.0260. The Kier molecular flexibility index (Phi) is 5.95. The number of rotatable bonds is 5. The second kappa shape index (κ2) is 8.64. The maximum Gasteiger partial charge on any atom is 0.332 e. The normalized spacial score (nSPS) is 20.3. The van der Waals surface area contributed by atoms with E-state index in [1.165, 1.54) is 17.2 Å². The number of nitrogens with zero attached hydrogens (tertiary/aromatic N) is 2. The summed E-state index contributed by atoms with van der Waals surface area (Å²) in [5.74, 6) is 0.715. The monoisotopic (exact) mass is 468 g/mol. The number of esters is 1. The number of carbonyl (C=O) groups excluding carboxylic acids is 1. The van der Waals surface area contributed by atoms with Gasteiger partial charge < -0.3 is 9.47 Å². The summed E-state index contributed by atoms with van der Waals surface area (Å²) in [4.78, 5) is 12.1. The van der Waals surface area contributed by atoms with E-state index in [2.05, 4.69) is 52.3 Å². The van der Waals surface area contributed by atoms with E-state index in [4.69, 9.17) is 14.6 Å². The van der Waals surface area contributed by atoms with Gasteiger partial charge in [-0.3, -0.25) is 5.01 Å². The second-order valence-corrected chi connectivity index (χ2v) is 8.45. The molecule has 2 atom stereocenters. The van der Waals surface area contributed by atoms with Crippen molar-refractivity contribution in [3.05, 3.63) is 75.4 Å². The largest absolute Gasteiger partial charge is 0.497 e. The third-order valence-corrected chi connectivity index (χ3v) is 6.24. The first-order chi connectivity index (χ1) is 14.5. The van der Waals surface area contributed by atoms with E-state index in [0.717, 1.165) is 40.0 Å². The Morgan fingerprint density at radius 1 is 1.27 bits per heavy atom. The second-order valence-electron chi connectivity index (χ2n) is 7.53. The van der Waals surface area contributed by atoms with Crippen LogP contribution in [0.1, 0.15) is 43.0 Å². The predicted molar refractivity (Wildman–Crippen MR) is 120 cm³/mol. The van der Waals surface area contributed by atoms with Crippen LogP contribution in [0.3, 0.4) is 0 Å². The van der Waals surface area contributed by atoms with Crippen molar-refractivity contribution in [1.29, 1.82) is 0 Å². The molecule has 0 amide bonds. The zero-order chi connectivity index (χ0) is 21.3. The van der Waals surface area contributed by atoms with Gasteiger partial charge >= 0.3 is 5.97 Å². The molecular weight excluding hydrogens is 444 g/mol. The number of aryl methyl sites for hydroxylation is 1. The number of hydrogen-bond acceptors (Lipinski definition) is 5. The molecule has 2 aromatic rings. The first kappa shape index (κ1) is 20.7. The van der Waals surface area contributed by atoms with E-state index in [0.29, 0.717) is 6.61 Å². The standard InChI is InChI=1S/C24H25BrN2O3/c1-4-30-22(28)13-15(2)27-24(17-5-9-18(25)10-6-17)20-12-8-16-7-11-19(29-3)14-21(16)23(20)26-27/h5-7,9-11,13-14,20,24H,4,8,12H2,1-3H3/b15-13+/t20-,24+/m1/s1. The highest BCUT2D eigenvalue weighted by molar-refractivity contribution is 9.10. The van der Waals surface area contributed by atoms with Gasteiger partial charge in [-0.15, -0.1) is 0 Å². The summed E-state index contributed by atoms with van der Waals surface area (Å²) >= 11 is 3.53. The van der Waals surface area contributed by atoms with E-state index in [1.807, 2.05) is 18.0 Å². The van der Waals surface area contributed by atoms with E-state index >= 15 is 0 Å². The van der Waals surface area contributed by atoms with Crippen LogP contribution in [0.2, 0.25) is 0 Å². The first-order valence-electron chi connectivity index (χ1n) is 10.2. The Balaban J connectivity index is 1.79. The zero-order valence-electron chi connectivity index (χ0n) is 17.4. The van der Waals surface area contributed by atoms with Crippen molar-refractivity contribution in [2.45, 2.75) is 32.7 Å². The number of hydrogen-bond donors (Lipinski definition) is 0. The van der Waals surface area contributed by atoms with Gasteiger partial charge in [0.25, 0.3) is 0 Å². The van der Waals surface area contributed by atoms with Crippen molar-refractivity contribution in [3.63, 3.8) is 0 Å². The summed E-state index contributed by atoms with van der Waals surface area (Å²) in [6.45, 7) is 4.07. The van der Waals surface area contributed by atoms with E-state index < -0.39 is 0 Å². The lowest BCUT2D eigenvalue weighted by Gasteiger charge is -2.31. The molecule has 0 fully saturated rings. The molecule has 0 radical (unpaired) electrons. The van der Waals surface area contributed by atoms with Gasteiger partial charge in [0.2, 0.25) is 0 Å². The number of carbonyl (C=O) groups is 1. The topological polar surface area (TPSA) is 51.1 Å². The minimum atomic E-state index is -0.346. The van der Waals surface area contributed by atoms with Crippen molar-refractivity contribution >= 4 is 27.6 Å². The molecule has 1 aliphatic carbocycles. The average Bonchev–Trinajstić information content (AvgIpc) is 3.14. The molecule has 156 valence electrons. The molecule has 4 rings (SSSR count). The number of allylic oxidation sites excluding steroid dienone is 1. The van der Waals surface area contributed by atoms with Gasteiger partial charge in [-0.2, -0.15) is 5.10 Å². The molecule has 2 aromatic carbocycles. The Morgan fingerprint density at radius 2 is 2.03 bits per heavy atom. The third-order valence-electron chi connectivity index (χ3n) is 5.72. The highest BCUT2D eigenvalue weighted by atomic mass is 79.9. The van der Waals surface area contributed by atoms with Crippen LogP contribution in [0.4, 0.5) is 0 Å². The van der Waals surface area contributed by atoms with E-state index in [1.54, 1.807) is 14.0 Å². The van der Waals surface area contributed by atoms with Crippen LogP contribution in [-0.4, -0.2) is 30.4 Å². The number of fused-ring (bicyclic) bond motifs is 3. The van der Waals surface area contributed by atoms with Crippen molar-refractivity contribution in [2.75, 3.05) is 13.7 Å². The minimum Gasteiger partial charge on any atom is -0.497 e. The summed E-state index contributed by atoms with van der Waals surface area (Å²) in [6.07, 6.45) is 3.52. The average molecular weight is 469 g/mol. The Morgan fingerprint density at radius 3 is 2.73 bits per heavy atom. The molecule has 2 aliphatic rings. The molecule has 0 bridgehead atoms. The fourth-order valence-electron chi connectivity index (χ4n) is 4.32. The molecule has 0 N–H and O–H groups in total. The molecule has 0 saturated heterocycles. The van der Waals surface area contributed by atoms with E-state index in [9.17, 15) is 4.79 Å². The van der Waals surface area contributed by atoms with Gasteiger partial charge in [0.1, 0.15) is 5.75 Å². The molecule has 6 heteroatoms. The molecule has 1 heterocycles. The van der Waals surface area contributed by atoms with Gasteiger partial charge in [-0.25, -0.2) is 4.79 Å². The Hall–Kier alpha value is -2.60. The summed E-state index contributed by atoms with van der Waals surface area (Å²) < 4.78 is 11.6. The van der Waals surface area contributed by atoms with Crippen molar-refractivity contribution < 1.29 is 14.3 Å². The van der Waals surface area contributed by atoms with Gasteiger partial charge in [0.05, 0.1) is 25.5 Å². The van der Waals surface area contributed by atoms with Crippen LogP contribution in [0.25, 0.3) is 0 Å². The quantitative estimate of drug-likeness (QED) is 0.444. The molecule has 0 saturated carbocycles. The van der Waals surface area contributed by atoms with Crippen LogP contribution >= 0.6 is 15.9 Å². The highest BCUT2D eigenvalue weighted by Crippen LogP contribution is 2.45. The van der Waals surface area contributed by atoms with Crippen LogP contribution in [-0.2, 0) is 16.0 Å². The molecule has 0 aromatic heterocycles. The molecule has 0 spiro atoms. The van der Waals surface area contributed by atoms with Gasteiger partial charge in [0, 0.05) is 27.7 Å². The predicted octanol–water partition coefficient (Wildman–Crippen LogP) is 5.25.